The summed E-state index contributed by atoms with van der Waals surface area (Å²) in [7, 11) is 0. The predicted octanol–water partition coefficient (Wildman–Crippen LogP) is 3.87. The molecule has 1 rings (SSSR count). The molecule has 0 fully saturated rings. The van der Waals surface area contributed by atoms with E-state index in [1.807, 2.05) is 13.8 Å². The molecule has 0 aliphatic heterocycles. The van der Waals surface area contributed by atoms with Crippen molar-refractivity contribution in [1.29, 1.82) is 0 Å². The van der Waals surface area contributed by atoms with Gasteiger partial charge < -0.3 is 10.6 Å². The van der Waals surface area contributed by atoms with Crippen LogP contribution in [0.25, 0.3) is 0 Å². The summed E-state index contributed by atoms with van der Waals surface area (Å²) in [4.78, 5) is 16.4. The Balaban J connectivity index is 2.64. The first-order valence-corrected chi connectivity index (χ1v) is 7.67. The second-order valence-electron chi connectivity index (χ2n) is 4.93. The quantitative estimate of drug-likeness (QED) is 0.716. The Morgan fingerprint density at radius 1 is 1.35 bits per heavy atom. The van der Waals surface area contributed by atoms with Gasteiger partial charge in [0.1, 0.15) is 11.5 Å². The summed E-state index contributed by atoms with van der Waals surface area (Å²) >= 11 is 6.05. The lowest BCUT2D eigenvalue weighted by Crippen LogP contribution is -2.33. The van der Waals surface area contributed by atoms with Crippen LogP contribution in [0.1, 0.15) is 56.9 Å². The van der Waals surface area contributed by atoms with Crippen molar-refractivity contribution >= 4 is 23.3 Å². The Morgan fingerprint density at radius 3 is 2.75 bits per heavy atom. The zero-order valence-corrected chi connectivity index (χ0v) is 13.3. The van der Waals surface area contributed by atoms with Crippen molar-refractivity contribution in [1.82, 2.24) is 10.3 Å². The van der Waals surface area contributed by atoms with Crippen LogP contribution in [-0.4, -0.2) is 23.5 Å². The number of nitrogens with zero attached hydrogens (tertiary/aromatic N) is 1. The molecule has 1 atom stereocenters. The molecular formula is C15H24ClN3O. The number of hydrogen-bond acceptors (Lipinski definition) is 3. The molecule has 1 heterocycles. The number of carbonyl (C=O) groups excluding carboxylic acids is 1. The van der Waals surface area contributed by atoms with Crippen molar-refractivity contribution in [2.45, 2.75) is 52.5 Å². The maximum absolute atomic E-state index is 12.2. The number of halogens is 1. The second-order valence-corrected chi connectivity index (χ2v) is 5.33. The third kappa shape index (κ3) is 5.37. The third-order valence-corrected chi connectivity index (χ3v) is 3.34. The van der Waals surface area contributed by atoms with Crippen LogP contribution >= 0.6 is 11.6 Å². The summed E-state index contributed by atoms with van der Waals surface area (Å²) in [6.07, 6.45) is 4.47. The Bertz CT molecular complexity index is 437. The van der Waals surface area contributed by atoms with Crippen LogP contribution in [0.4, 0.5) is 5.82 Å². The molecular weight excluding hydrogens is 274 g/mol. The first-order chi connectivity index (χ1) is 9.58. The molecule has 1 aromatic rings. The van der Waals surface area contributed by atoms with Gasteiger partial charge in [-0.25, -0.2) is 4.98 Å². The van der Waals surface area contributed by atoms with Gasteiger partial charge in [-0.05, 0) is 32.4 Å². The molecule has 1 unspecified atom stereocenters. The molecule has 5 heteroatoms. The van der Waals surface area contributed by atoms with Gasteiger partial charge in [-0.2, -0.15) is 0 Å². The van der Waals surface area contributed by atoms with E-state index in [1.165, 1.54) is 12.8 Å². The molecule has 112 valence electrons. The van der Waals surface area contributed by atoms with Gasteiger partial charge in [-0.1, -0.05) is 37.8 Å². The van der Waals surface area contributed by atoms with Crippen molar-refractivity contribution in [2.75, 3.05) is 11.9 Å². The summed E-state index contributed by atoms with van der Waals surface area (Å²) in [5.74, 6) is 0.458. The van der Waals surface area contributed by atoms with Crippen molar-refractivity contribution < 1.29 is 4.79 Å². The molecule has 0 spiro atoms. The zero-order valence-electron chi connectivity index (χ0n) is 12.5. The normalized spacial score (nSPS) is 12.0. The third-order valence-electron chi connectivity index (χ3n) is 3.04. The Labute approximate surface area is 126 Å². The lowest BCUT2D eigenvalue weighted by Gasteiger charge is -2.14. The molecule has 1 amide bonds. The van der Waals surface area contributed by atoms with E-state index in [0.717, 1.165) is 19.4 Å². The highest BCUT2D eigenvalue weighted by Crippen LogP contribution is 2.17. The fourth-order valence-electron chi connectivity index (χ4n) is 1.95. The van der Waals surface area contributed by atoms with Crippen molar-refractivity contribution in [2.24, 2.45) is 0 Å². The smallest absolute Gasteiger partial charge is 0.271 e. The van der Waals surface area contributed by atoms with Gasteiger partial charge in [-0.3, -0.25) is 4.79 Å². The SMILES string of the molecule is CCCCCC(C)NC(=O)c1nc(NCC)ccc1Cl. The first-order valence-electron chi connectivity index (χ1n) is 7.29. The zero-order chi connectivity index (χ0) is 15.0. The van der Waals surface area contributed by atoms with E-state index >= 15 is 0 Å². The van der Waals surface area contributed by atoms with E-state index in [4.69, 9.17) is 11.6 Å². The molecule has 0 aliphatic rings. The molecule has 0 saturated heterocycles. The first kappa shape index (κ1) is 16.8. The van der Waals surface area contributed by atoms with Crippen molar-refractivity contribution in [3.63, 3.8) is 0 Å². The highest BCUT2D eigenvalue weighted by molar-refractivity contribution is 6.33. The number of carbonyl (C=O) groups is 1. The van der Waals surface area contributed by atoms with E-state index < -0.39 is 0 Å². The number of unbranched alkanes of at least 4 members (excludes halogenated alkanes) is 2. The minimum atomic E-state index is -0.209. The van der Waals surface area contributed by atoms with Gasteiger partial charge in [0.2, 0.25) is 0 Å². The lowest BCUT2D eigenvalue weighted by atomic mass is 10.1. The number of pyridine rings is 1. The fraction of sp³-hybridized carbons (Fsp3) is 0.600. The fourth-order valence-corrected chi connectivity index (χ4v) is 2.14. The van der Waals surface area contributed by atoms with Crippen LogP contribution in [0, 0.1) is 0 Å². The molecule has 0 bridgehead atoms. The highest BCUT2D eigenvalue weighted by Gasteiger charge is 2.15. The maximum atomic E-state index is 12.2. The second kappa shape index (κ2) is 8.80. The number of rotatable bonds is 8. The number of amides is 1. The summed E-state index contributed by atoms with van der Waals surface area (Å²) in [6, 6.07) is 3.60. The molecule has 0 aromatic carbocycles. The minimum Gasteiger partial charge on any atom is -0.370 e. The lowest BCUT2D eigenvalue weighted by molar-refractivity contribution is 0.0933. The molecule has 0 radical (unpaired) electrons. The van der Waals surface area contributed by atoms with Crippen LogP contribution in [-0.2, 0) is 0 Å². The van der Waals surface area contributed by atoms with Gasteiger partial charge in [0.05, 0.1) is 5.02 Å². The van der Waals surface area contributed by atoms with E-state index in [9.17, 15) is 4.79 Å². The minimum absolute atomic E-state index is 0.134. The molecule has 20 heavy (non-hydrogen) atoms. The largest absolute Gasteiger partial charge is 0.370 e. The summed E-state index contributed by atoms with van der Waals surface area (Å²) in [6.45, 7) is 6.91. The van der Waals surface area contributed by atoms with Gasteiger partial charge in [0.15, 0.2) is 0 Å². The Hall–Kier alpha value is -1.29. The van der Waals surface area contributed by atoms with Crippen LogP contribution in [0.2, 0.25) is 5.02 Å². The topological polar surface area (TPSA) is 54.0 Å². The van der Waals surface area contributed by atoms with E-state index in [0.29, 0.717) is 10.8 Å². The van der Waals surface area contributed by atoms with E-state index in [1.54, 1.807) is 12.1 Å². The van der Waals surface area contributed by atoms with Crippen molar-refractivity contribution in [3.8, 4) is 0 Å². The van der Waals surface area contributed by atoms with Gasteiger partial charge in [0.25, 0.3) is 5.91 Å². The highest BCUT2D eigenvalue weighted by atomic mass is 35.5. The van der Waals surface area contributed by atoms with Gasteiger partial charge >= 0.3 is 0 Å². The average Bonchev–Trinajstić information content (AvgIpc) is 2.41. The number of hydrogen-bond donors (Lipinski definition) is 2. The van der Waals surface area contributed by atoms with Crippen LogP contribution < -0.4 is 10.6 Å². The van der Waals surface area contributed by atoms with Crippen LogP contribution in [0.15, 0.2) is 12.1 Å². The average molecular weight is 298 g/mol. The van der Waals surface area contributed by atoms with Gasteiger partial charge in [-0.15, -0.1) is 0 Å². The standard InChI is InChI=1S/C15H24ClN3O/c1-4-6-7-8-11(3)18-15(20)14-12(16)9-10-13(19-14)17-5-2/h9-11H,4-8H2,1-3H3,(H,17,19)(H,18,20). The van der Waals surface area contributed by atoms with Crippen LogP contribution in [0.5, 0.6) is 0 Å². The molecule has 1 aromatic heterocycles. The number of nitrogens with one attached hydrogen (secondary N) is 2. The van der Waals surface area contributed by atoms with E-state index in [-0.39, 0.29) is 17.6 Å². The number of anilines is 1. The monoisotopic (exact) mass is 297 g/mol. The summed E-state index contributed by atoms with van der Waals surface area (Å²) in [5.41, 5.74) is 0.285. The number of aromatic nitrogens is 1. The van der Waals surface area contributed by atoms with Crippen LogP contribution in [0.3, 0.4) is 0 Å². The maximum Gasteiger partial charge on any atom is 0.271 e. The molecule has 0 aliphatic carbocycles. The molecule has 0 saturated carbocycles. The Kier molecular flexibility index (Phi) is 7.37. The van der Waals surface area contributed by atoms with Gasteiger partial charge in [0, 0.05) is 12.6 Å². The van der Waals surface area contributed by atoms with Crippen molar-refractivity contribution in [3.05, 3.63) is 22.8 Å². The molecule has 2 N–H and O–H groups in total. The summed E-state index contributed by atoms with van der Waals surface area (Å²) < 4.78 is 0. The Morgan fingerprint density at radius 2 is 2.10 bits per heavy atom. The van der Waals surface area contributed by atoms with E-state index in [2.05, 4.69) is 22.5 Å². The molecule has 4 nitrogen and oxygen atoms in total. The summed E-state index contributed by atoms with van der Waals surface area (Å²) in [5, 5.41) is 6.41. The predicted molar refractivity (Wildman–Crippen MR) is 84.5 cm³/mol.